The lowest BCUT2D eigenvalue weighted by Gasteiger charge is -2.01. The summed E-state index contributed by atoms with van der Waals surface area (Å²) in [6.07, 6.45) is 3.36. The van der Waals surface area contributed by atoms with Crippen LogP contribution in [0.15, 0.2) is 90.2 Å². The maximum absolute atomic E-state index is 12.2. The van der Waals surface area contributed by atoms with Crippen LogP contribution >= 0.6 is 11.6 Å². The van der Waals surface area contributed by atoms with Crippen molar-refractivity contribution in [1.29, 1.82) is 0 Å². The van der Waals surface area contributed by atoms with E-state index < -0.39 is 5.91 Å². The third-order valence-corrected chi connectivity index (χ3v) is 4.57. The molecule has 0 atom stereocenters. The van der Waals surface area contributed by atoms with Gasteiger partial charge in [0.05, 0.1) is 11.9 Å². The van der Waals surface area contributed by atoms with Crippen LogP contribution in [0.25, 0.3) is 16.9 Å². The van der Waals surface area contributed by atoms with Crippen LogP contribution in [0.3, 0.4) is 0 Å². The Balaban J connectivity index is 1.65. The van der Waals surface area contributed by atoms with Crippen molar-refractivity contribution < 1.29 is 9.90 Å². The van der Waals surface area contributed by atoms with Gasteiger partial charge in [0.15, 0.2) is 0 Å². The van der Waals surface area contributed by atoms with Crippen LogP contribution in [0.1, 0.15) is 15.9 Å². The van der Waals surface area contributed by atoms with E-state index in [4.69, 9.17) is 11.6 Å². The van der Waals surface area contributed by atoms with E-state index in [0.29, 0.717) is 21.8 Å². The smallest absolute Gasteiger partial charge is 0.271 e. The van der Waals surface area contributed by atoms with Gasteiger partial charge in [0, 0.05) is 27.9 Å². The Kier molecular flexibility index (Phi) is 5.59. The minimum atomic E-state index is -0.429. The number of hydrazone groups is 1. The zero-order valence-corrected chi connectivity index (χ0v) is 16.5. The van der Waals surface area contributed by atoms with Crippen molar-refractivity contribution in [3.05, 3.63) is 101 Å². The number of rotatable bonds is 5. The minimum absolute atomic E-state index is 0.0130. The number of carbonyl (C=O) groups excluding carboxylic acids is 1. The third kappa shape index (κ3) is 4.39. The van der Waals surface area contributed by atoms with Gasteiger partial charge in [-0.05, 0) is 42.5 Å². The molecule has 1 aromatic heterocycles. The van der Waals surface area contributed by atoms with Crippen molar-refractivity contribution in [3.8, 4) is 22.7 Å². The van der Waals surface area contributed by atoms with E-state index in [0.717, 1.165) is 11.3 Å². The highest BCUT2D eigenvalue weighted by atomic mass is 35.5. The summed E-state index contributed by atoms with van der Waals surface area (Å²) in [7, 11) is 0. The quantitative estimate of drug-likeness (QED) is 0.366. The van der Waals surface area contributed by atoms with Gasteiger partial charge in [-0.2, -0.15) is 10.2 Å². The standard InChI is InChI=1S/C23H17ClN4O2/c24-19-8-4-6-16(12-19)22-18(15-28(27-22)20-9-2-1-3-10-20)14-25-26-23(30)17-7-5-11-21(29)13-17/h1-15,29H,(H,26,30)/b25-14-. The molecule has 1 heterocycles. The Morgan fingerprint density at radius 2 is 1.83 bits per heavy atom. The number of phenols is 1. The maximum atomic E-state index is 12.2. The van der Waals surface area contributed by atoms with Crippen molar-refractivity contribution >= 4 is 23.7 Å². The maximum Gasteiger partial charge on any atom is 0.271 e. The summed E-state index contributed by atoms with van der Waals surface area (Å²) in [5.74, 6) is -0.416. The second-order valence-electron chi connectivity index (χ2n) is 6.47. The fourth-order valence-electron chi connectivity index (χ4n) is 2.93. The number of hydrogen-bond donors (Lipinski definition) is 2. The van der Waals surface area contributed by atoms with E-state index in [1.807, 2.05) is 54.7 Å². The van der Waals surface area contributed by atoms with Crippen molar-refractivity contribution in [1.82, 2.24) is 15.2 Å². The first-order chi connectivity index (χ1) is 14.6. The van der Waals surface area contributed by atoms with Crippen LogP contribution in [0.4, 0.5) is 0 Å². The van der Waals surface area contributed by atoms with Crippen molar-refractivity contribution in [2.24, 2.45) is 5.10 Å². The summed E-state index contributed by atoms with van der Waals surface area (Å²) in [5, 5.41) is 18.9. The molecular formula is C23H17ClN4O2. The molecule has 0 unspecified atom stereocenters. The fraction of sp³-hybridized carbons (Fsp3) is 0. The first-order valence-corrected chi connectivity index (χ1v) is 9.51. The van der Waals surface area contributed by atoms with Crippen LogP contribution in [-0.2, 0) is 0 Å². The predicted octanol–water partition coefficient (Wildman–Crippen LogP) is 4.66. The highest BCUT2D eigenvalue weighted by Gasteiger charge is 2.12. The van der Waals surface area contributed by atoms with Gasteiger partial charge in [0.1, 0.15) is 11.4 Å². The van der Waals surface area contributed by atoms with Gasteiger partial charge in [0.2, 0.25) is 0 Å². The van der Waals surface area contributed by atoms with Gasteiger partial charge in [-0.1, -0.05) is 48.0 Å². The number of benzene rings is 3. The molecule has 0 spiro atoms. The van der Waals surface area contributed by atoms with Gasteiger partial charge < -0.3 is 5.11 Å². The topological polar surface area (TPSA) is 79.5 Å². The largest absolute Gasteiger partial charge is 0.508 e. The number of hydrogen-bond acceptors (Lipinski definition) is 4. The molecule has 0 fully saturated rings. The highest BCUT2D eigenvalue weighted by molar-refractivity contribution is 6.30. The van der Waals surface area contributed by atoms with Crippen LogP contribution in [0.5, 0.6) is 5.75 Å². The second kappa shape index (κ2) is 8.63. The molecule has 0 radical (unpaired) electrons. The number of para-hydroxylation sites is 1. The number of aromatic hydroxyl groups is 1. The highest BCUT2D eigenvalue weighted by Crippen LogP contribution is 2.25. The molecule has 7 heteroatoms. The first-order valence-electron chi connectivity index (χ1n) is 9.13. The fourth-order valence-corrected chi connectivity index (χ4v) is 3.12. The minimum Gasteiger partial charge on any atom is -0.508 e. The lowest BCUT2D eigenvalue weighted by molar-refractivity contribution is 0.0954. The van der Waals surface area contributed by atoms with Crippen LogP contribution < -0.4 is 5.43 Å². The summed E-state index contributed by atoms with van der Waals surface area (Å²) in [6.45, 7) is 0. The molecule has 1 amide bonds. The molecule has 0 aliphatic rings. The number of aromatic nitrogens is 2. The second-order valence-corrected chi connectivity index (χ2v) is 6.91. The van der Waals surface area contributed by atoms with Gasteiger partial charge in [0.25, 0.3) is 5.91 Å². The lowest BCUT2D eigenvalue weighted by Crippen LogP contribution is -2.17. The van der Waals surface area contributed by atoms with Crippen molar-refractivity contribution in [2.75, 3.05) is 0 Å². The third-order valence-electron chi connectivity index (χ3n) is 4.34. The molecule has 0 aliphatic carbocycles. The molecule has 4 rings (SSSR count). The van der Waals surface area contributed by atoms with E-state index >= 15 is 0 Å². The van der Waals surface area contributed by atoms with Crippen LogP contribution in [0.2, 0.25) is 5.02 Å². The number of carbonyl (C=O) groups is 1. The molecule has 2 N–H and O–H groups in total. The van der Waals surface area contributed by atoms with Crippen molar-refractivity contribution in [3.63, 3.8) is 0 Å². The predicted molar refractivity (Wildman–Crippen MR) is 117 cm³/mol. The molecule has 0 saturated carbocycles. The number of nitrogens with one attached hydrogen (secondary N) is 1. The number of nitrogens with zero attached hydrogens (tertiary/aromatic N) is 3. The Morgan fingerprint density at radius 3 is 2.60 bits per heavy atom. The van der Waals surface area contributed by atoms with E-state index in [1.165, 1.54) is 18.3 Å². The molecule has 4 aromatic rings. The average Bonchev–Trinajstić information content (AvgIpc) is 3.18. The zero-order valence-electron chi connectivity index (χ0n) is 15.7. The molecule has 6 nitrogen and oxygen atoms in total. The normalized spacial score (nSPS) is 11.0. The van der Waals surface area contributed by atoms with E-state index in [9.17, 15) is 9.90 Å². The molecule has 30 heavy (non-hydrogen) atoms. The molecule has 148 valence electrons. The Labute approximate surface area is 178 Å². The summed E-state index contributed by atoms with van der Waals surface area (Å²) in [5.41, 5.74) is 5.89. The van der Waals surface area contributed by atoms with Crippen LogP contribution in [-0.4, -0.2) is 27.0 Å². The number of halogens is 1. The lowest BCUT2D eigenvalue weighted by atomic mass is 10.1. The average molecular weight is 417 g/mol. The molecular weight excluding hydrogens is 400 g/mol. The zero-order chi connectivity index (χ0) is 20.9. The Morgan fingerprint density at radius 1 is 1.03 bits per heavy atom. The molecule has 0 bridgehead atoms. The summed E-state index contributed by atoms with van der Waals surface area (Å²) >= 11 is 6.15. The van der Waals surface area contributed by atoms with Gasteiger partial charge >= 0.3 is 0 Å². The number of phenolic OH excluding ortho intramolecular Hbond substituents is 1. The SMILES string of the molecule is O=C(N/N=C\c1cn(-c2ccccc2)nc1-c1cccc(Cl)c1)c1cccc(O)c1. The number of amides is 1. The van der Waals surface area contributed by atoms with Gasteiger partial charge in [-0.3, -0.25) is 4.79 Å². The van der Waals surface area contributed by atoms with Gasteiger partial charge in [-0.25, -0.2) is 10.1 Å². The Bertz CT molecular complexity index is 1220. The van der Waals surface area contributed by atoms with E-state index in [1.54, 1.807) is 22.9 Å². The summed E-state index contributed by atoms with van der Waals surface area (Å²) in [4.78, 5) is 12.2. The summed E-state index contributed by atoms with van der Waals surface area (Å²) in [6, 6.07) is 23.1. The van der Waals surface area contributed by atoms with Gasteiger partial charge in [-0.15, -0.1) is 0 Å². The van der Waals surface area contributed by atoms with E-state index in [-0.39, 0.29) is 5.75 Å². The molecule has 0 aliphatic heterocycles. The first kappa shape index (κ1) is 19.4. The van der Waals surface area contributed by atoms with E-state index in [2.05, 4.69) is 15.6 Å². The molecule has 3 aromatic carbocycles. The monoisotopic (exact) mass is 416 g/mol. The van der Waals surface area contributed by atoms with Crippen molar-refractivity contribution in [2.45, 2.75) is 0 Å². The summed E-state index contributed by atoms with van der Waals surface area (Å²) < 4.78 is 1.74. The van der Waals surface area contributed by atoms with Crippen LogP contribution in [0, 0.1) is 0 Å². The molecule has 0 saturated heterocycles. The Hall–Kier alpha value is -3.90.